The molecule has 4 rings (SSSR count). The fraction of sp³-hybridized carbons (Fsp3) is 0.435. The highest BCUT2D eigenvalue weighted by Crippen LogP contribution is 2.27. The van der Waals surface area contributed by atoms with Crippen LogP contribution >= 0.6 is 0 Å². The van der Waals surface area contributed by atoms with Crippen molar-refractivity contribution in [3.63, 3.8) is 0 Å². The SMILES string of the molecule is CC(C)N(Cc1ccc(F)cc1F)C(=O)c1cn2c(c(O)c1=O)C(=O)N1[C@H](C)CCN[C@H]1C2. The second-order valence-corrected chi connectivity index (χ2v) is 8.80. The Morgan fingerprint density at radius 1 is 1.30 bits per heavy atom. The Bertz CT molecular complexity index is 1180. The van der Waals surface area contributed by atoms with Crippen LogP contribution in [0.2, 0.25) is 0 Å². The molecule has 8 nitrogen and oxygen atoms in total. The maximum atomic E-state index is 14.2. The van der Waals surface area contributed by atoms with E-state index in [1.165, 1.54) is 21.7 Å². The van der Waals surface area contributed by atoms with Crippen LogP contribution in [0.3, 0.4) is 0 Å². The number of hydrogen-bond donors (Lipinski definition) is 2. The summed E-state index contributed by atoms with van der Waals surface area (Å²) < 4.78 is 28.9. The molecule has 3 heterocycles. The van der Waals surface area contributed by atoms with Gasteiger partial charge in [-0.2, -0.15) is 0 Å². The summed E-state index contributed by atoms with van der Waals surface area (Å²) in [6.45, 7) is 6.08. The maximum absolute atomic E-state index is 14.2. The summed E-state index contributed by atoms with van der Waals surface area (Å²) in [4.78, 5) is 42.2. The van der Waals surface area contributed by atoms with Gasteiger partial charge >= 0.3 is 0 Å². The van der Waals surface area contributed by atoms with Crippen molar-refractivity contribution < 1.29 is 23.5 Å². The number of carbonyl (C=O) groups is 2. The first-order valence-electron chi connectivity index (χ1n) is 10.9. The van der Waals surface area contributed by atoms with E-state index in [1.54, 1.807) is 18.7 Å². The summed E-state index contributed by atoms with van der Waals surface area (Å²) in [5, 5.41) is 13.9. The van der Waals surface area contributed by atoms with E-state index in [0.29, 0.717) is 6.54 Å². The van der Waals surface area contributed by atoms with E-state index in [-0.39, 0.29) is 42.1 Å². The number of aromatic nitrogens is 1. The zero-order valence-electron chi connectivity index (χ0n) is 18.6. The van der Waals surface area contributed by atoms with Gasteiger partial charge in [-0.25, -0.2) is 8.78 Å². The summed E-state index contributed by atoms with van der Waals surface area (Å²) >= 11 is 0. The third-order valence-corrected chi connectivity index (χ3v) is 6.29. The van der Waals surface area contributed by atoms with Crippen molar-refractivity contribution in [2.75, 3.05) is 6.54 Å². The lowest BCUT2D eigenvalue weighted by molar-refractivity contribution is 0.0301. The molecule has 1 saturated heterocycles. The minimum absolute atomic E-state index is 0.0599. The second-order valence-electron chi connectivity index (χ2n) is 8.80. The van der Waals surface area contributed by atoms with Crippen molar-refractivity contribution >= 4 is 11.8 Å². The normalized spacial score (nSPS) is 19.9. The van der Waals surface area contributed by atoms with Crippen LogP contribution in [0, 0.1) is 11.6 Å². The predicted octanol–water partition coefficient (Wildman–Crippen LogP) is 2.05. The van der Waals surface area contributed by atoms with Gasteiger partial charge in [0.15, 0.2) is 11.4 Å². The van der Waals surface area contributed by atoms with Gasteiger partial charge in [-0.05, 0) is 39.8 Å². The average molecular weight is 460 g/mol. The third kappa shape index (κ3) is 3.99. The average Bonchev–Trinajstić information content (AvgIpc) is 2.74. The van der Waals surface area contributed by atoms with Gasteiger partial charge in [0.1, 0.15) is 23.4 Å². The lowest BCUT2D eigenvalue weighted by atomic mass is 10.0. The maximum Gasteiger partial charge on any atom is 0.276 e. The number of hydrogen-bond acceptors (Lipinski definition) is 5. The fourth-order valence-corrected chi connectivity index (χ4v) is 4.45. The van der Waals surface area contributed by atoms with Gasteiger partial charge in [0.2, 0.25) is 5.43 Å². The van der Waals surface area contributed by atoms with Crippen LogP contribution < -0.4 is 10.7 Å². The van der Waals surface area contributed by atoms with E-state index in [0.717, 1.165) is 18.6 Å². The lowest BCUT2D eigenvalue weighted by Crippen LogP contribution is -2.62. The van der Waals surface area contributed by atoms with Crippen LogP contribution in [-0.4, -0.2) is 56.1 Å². The number of aromatic hydroxyl groups is 1. The number of halogens is 2. The molecule has 0 bridgehead atoms. The Hall–Kier alpha value is -3.27. The van der Waals surface area contributed by atoms with Crippen molar-refractivity contribution in [2.45, 2.75) is 58.5 Å². The predicted molar refractivity (Wildman–Crippen MR) is 116 cm³/mol. The molecular weight excluding hydrogens is 434 g/mol. The summed E-state index contributed by atoms with van der Waals surface area (Å²) in [5.74, 6) is -3.51. The summed E-state index contributed by atoms with van der Waals surface area (Å²) in [7, 11) is 0. The molecule has 2 aliphatic rings. The molecule has 33 heavy (non-hydrogen) atoms. The van der Waals surface area contributed by atoms with Crippen LogP contribution in [0.1, 0.15) is 53.6 Å². The van der Waals surface area contributed by atoms with Crippen LogP contribution in [0.25, 0.3) is 0 Å². The number of carbonyl (C=O) groups excluding carboxylic acids is 2. The molecule has 0 unspecified atom stereocenters. The number of pyridine rings is 1. The molecule has 176 valence electrons. The third-order valence-electron chi connectivity index (χ3n) is 6.29. The van der Waals surface area contributed by atoms with Crippen molar-refractivity contribution in [1.82, 2.24) is 19.7 Å². The van der Waals surface area contributed by atoms with Gasteiger partial charge in [0.05, 0.1) is 6.54 Å². The van der Waals surface area contributed by atoms with Crippen molar-refractivity contribution in [2.24, 2.45) is 0 Å². The molecule has 1 aromatic carbocycles. The first-order chi connectivity index (χ1) is 15.6. The second kappa shape index (κ2) is 8.58. The number of nitrogens with one attached hydrogen (secondary N) is 1. The van der Waals surface area contributed by atoms with Crippen molar-refractivity contribution in [1.29, 1.82) is 0 Å². The van der Waals surface area contributed by atoms with Crippen LogP contribution in [0.5, 0.6) is 5.75 Å². The molecule has 10 heteroatoms. The Kier molecular flexibility index (Phi) is 5.96. The quantitative estimate of drug-likeness (QED) is 0.728. The minimum Gasteiger partial charge on any atom is -0.503 e. The van der Waals surface area contributed by atoms with E-state index in [9.17, 15) is 28.3 Å². The van der Waals surface area contributed by atoms with E-state index in [1.807, 2.05) is 6.92 Å². The molecule has 2 atom stereocenters. The van der Waals surface area contributed by atoms with Crippen LogP contribution in [-0.2, 0) is 13.1 Å². The highest BCUT2D eigenvalue weighted by Gasteiger charge is 2.40. The molecule has 2 aliphatic heterocycles. The monoisotopic (exact) mass is 460 g/mol. The molecule has 1 aromatic heterocycles. The van der Waals surface area contributed by atoms with Crippen LogP contribution in [0.15, 0.2) is 29.2 Å². The first-order valence-corrected chi connectivity index (χ1v) is 10.9. The van der Waals surface area contributed by atoms with E-state index < -0.39 is 40.7 Å². The fourth-order valence-electron chi connectivity index (χ4n) is 4.45. The summed E-state index contributed by atoms with van der Waals surface area (Å²) in [6, 6.07) is 2.58. The smallest absolute Gasteiger partial charge is 0.276 e. The largest absolute Gasteiger partial charge is 0.503 e. The molecule has 0 spiro atoms. The van der Waals surface area contributed by atoms with E-state index >= 15 is 0 Å². The Morgan fingerprint density at radius 3 is 2.70 bits per heavy atom. The first kappa shape index (κ1) is 22.9. The molecule has 1 fully saturated rings. The van der Waals surface area contributed by atoms with Gasteiger partial charge in [-0.1, -0.05) is 6.07 Å². The molecule has 0 aliphatic carbocycles. The molecule has 2 amide bonds. The molecule has 0 radical (unpaired) electrons. The van der Waals surface area contributed by atoms with Gasteiger partial charge in [-0.15, -0.1) is 0 Å². The Morgan fingerprint density at radius 2 is 2.03 bits per heavy atom. The minimum atomic E-state index is -0.958. The lowest BCUT2D eigenvalue weighted by Gasteiger charge is -2.45. The summed E-state index contributed by atoms with van der Waals surface area (Å²) in [5.41, 5.74) is -1.34. The number of nitrogens with zero attached hydrogens (tertiary/aromatic N) is 3. The number of fused-ring (bicyclic) bond motifs is 2. The van der Waals surface area contributed by atoms with Gasteiger partial charge in [0.25, 0.3) is 11.8 Å². The number of rotatable bonds is 4. The van der Waals surface area contributed by atoms with Gasteiger partial charge < -0.3 is 19.5 Å². The van der Waals surface area contributed by atoms with Crippen molar-refractivity contribution in [3.05, 3.63) is 63.1 Å². The zero-order valence-corrected chi connectivity index (χ0v) is 18.6. The highest BCUT2D eigenvalue weighted by atomic mass is 19.1. The highest BCUT2D eigenvalue weighted by molar-refractivity contribution is 5.99. The van der Waals surface area contributed by atoms with E-state index in [4.69, 9.17) is 0 Å². The topological polar surface area (TPSA) is 94.9 Å². The molecule has 2 N–H and O–H groups in total. The standard InChI is InChI=1S/C23H26F2N4O4/c1-12(2)28(9-14-4-5-15(24)8-17(14)25)22(32)16-10-27-11-18-26-7-6-13(3)29(18)23(33)19(27)21(31)20(16)30/h4-5,8,10,12-13,18,26,31H,6-7,9,11H2,1-3H3/t13-,18-/m1/s1. The molecular formula is C23H26F2N4O4. The van der Waals surface area contributed by atoms with Gasteiger partial charge in [0, 0.05) is 36.5 Å². The Labute approximate surface area is 189 Å². The molecule has 2 aromatic rings. The number of amides is 2. The zero-order chi connectivity index (χ0) is 24.0. The van der Waals surface area contributed by atoms with Gasteiger partial charge in [-0.3, -0.25) is 19.7 Å². The van der Waals surface area contributed by atoms with Crippen LogP contribution in [0.4, 0.5) is 8.78 Å². The van der Waals surface area contributed by atoms with E-state index in [2.05, 4.69) is 5.32 Å². The molecule has 0 saturated carbocycles. The Balaban J connectivity index is 1.73. The summed E-state index contributed by atoms with van der Waals surface area (Å²) in [6.07, 6.45) is 1.70. The van der Waals surface area contributed by atoms with Crippen molar-refractivity contribution in [3.8, 4) is 5.75 Å². The number of benzene rings is 1.